The summed E-state index contributed by atoms with van der Waals surface area (Å²) in [7, 11) is 0. The number of nitrogens with one attached hydrogen (secondary N) is 1. The number of carbonyl (C=O) groups is 3. The largest absolute Gasteiger partial charge is 0.462 e. The Labute approximate surface area is 141 Å². The van der Waals surface area contributed by atoms with E-state index < -0.39 is 17.8 Å². The van der Waals surface area contributed by atoms with Crippen LogP contribution in [0.25, 0.3) is 0 Å². The summed E-state index contributed by atoms with van der Waals surface area (Å²) < 4.78 is 9.79. The number of carbonyl (C=O) groups excluding carboxylic acids is 3. The fourth-order valence-electron chi connectivity index (χ4n) is 1.59. The number of allylic oxidation sites excluding steroid dienone is 3. The number of esters is 2. The van der Waals surface area contributed by atoms with Crippen molar-refractivity contribution in [3.63, 3.8) is 0 Å². The smallest absolute Gasteiger partial charge is 0.338 e. The Morgan fingerprint density at radius 1 is 1.08 bits per heavy atom. The first-order valence-electron chi connectivity index (χ1n) is 7.60. The first-order valence-corrected chi connectivity index (χ1v) is 7.60. The molecule has 1 aromatic rings. The molecule has 0 radical (unpaired) electrons. The molecule has 0 bridgehead atoms. The van der Waals surface area contributed by atoms with Crippen molar-refractivity contribution in [2.24, 2.45) is 0 Å². The van der Waals surface area contributed by atoms with Crippen LogP contribution < -0.4 is 5.32 Å². The molecule has 0 aliphatic heterocycles. The molecule has 24 heavy (non-hydrogen) atoms. The zero-order valence-corrected chi connectivity index (χ0v) is 13.8. The second kappa shape index (κ2) is 10.8. The maximum Gasteiger partial charge on any atom is 0.338 e. The van der Waals surface area contributed by atoms with Crippen molar-refractivity contribution in [1.29, 1.82) is 0 Å². The molecule has 0 heterocycles. The highest BCUT2D eigenvalue weighted by Crippen LogP contribution is 2.10. The molecule has 6 heteroatoms. The molecule has 1 aromatic carbocycles. The number of hydrogen-bond acceptors (Lipinski definition) is 5. The summed E-state index contributed by atoms with van der Waals surface area (Å²) in [6, 6.07) is 6.27. The Morgan fingerprint density at radius 3 is 2.42 bits per heavy atom. The number of anilines is 1. The van der Waals surface area contributed by atoms with Crippen LogP contribution in [-0.2, 0) is 19.1 Å². The monoisotopic (exact) mass is 331 g/mol. The van der Waals surface area contributed by atoms with Gasteiger partial charge in [0.2, 0.25) is 0 Å². The number of benzene rings is 1. The average Bonchev–Trinajstić information content (AvgIpc) is 2.58. The van der Waals surface area contributed by atoms with E-state index in [4.69, 9.17) is 9.47 Å². The van der Waals surface area contributed by atoms with Crippen molar-refractivity contribution in [1.82, 2.24) is 0 Å². The van der Waals surface area contributed by atoms with E-state index in [1.807, 2.05) is 13.8 Å². The molecular weight excluding hydrogens is 310 g/mol. The molecule has 0 unspecified atom stereocenters. The fourth-order valence-corrected chi connectivity index (χ4v) is 1.59. The van der Waals surface area contributed by atoms with Crippen LogP contribution in [0.1, 0.15) is 30.6 Å². The van der Waals surface area contributed by atoms with E-state index in [0.29, 0.717) is 17.9 Å². The van der Waals surface area contributed by atoms with Crippen LogP contribution in [-0.4, -0.2) is 31.1 Å². The lowest BCUT2D eigenvalue weighted by Gasteiger charge is -2.07. The summed E-state index contributed by atoms with van der Waals surface area (Å²) in [6.07, 6.45) is 6.94. The molecule has 0 atom stereocenters. The third kappa shape index (κ3) is 7.40. The van der Waals surface area contributed by atoms with Gasteiger partial charge in [-0.3, -0.25) is 4.79 Å². The van der Waals surface area contributed by atoms with Crippen LogP contribution in [0.3, 0.4) is 0 Å². The molecule has 0 saturated carbocycles. The zero-order chi connectivity index (χ0) is 17.8. The third-order valence-corrected chi connectivity index (χ3v) is 2.72. The molecule has 0 aliphatic carbocycles. The molecule has 0 fully saturated rings. The van der Waals surface area contributed by atoms with Crippen molar-refractivity contribution in [2.45, 2.75) is 20.3 Å². The molecule has 128 valence electrons. The van der Waals surface area contributed by atoms with E-state index >= 15 is 0 Å². The summed E-state index contributed by atoms with van der Waals surface area (Å²) >= 11 is 0. The number of amides is 1. The minimum Gasteiger partial charge on any atom is -0.462 e. The van der Waals surface area contributed by atoms with Crippen LogP contribution in [0.5, 0.6) is 0 Å². The summed E-state index contributed by atoms with van der Waals surface area (Å²) in [5.74, 6) is -1.47. The maximum atomic E-state index is 11.7. The van der Waals surface area contributed by atoms with Gasteiger partial charge in [-0.1, -0.05) is 25.2 Å². The molecule has 6 nitrogen and oxygen atoms in total. The van der Waals surface area contributed by atoms with Gasteiger partial charge in [0.25, 0.3) is 5.91 Å². The van der Waals surface area contributed by atoms with Gasteiger partial charge in [0.15, 0.2) is 6.61 Å². The number of ether oxygens (including phenoxy) is 2. The second-order valence-electron chi connectivity index (χ2n) is 4.75. The van der Waals surface area contributed by atoms with Gasteiger partial charge in [-0.05, 0) is 37.6 Å². The van der Waals surface area contributed by atoms with Gasteiger partial charge < -0.3 is 14.8 Å². The molecule has 1 rings (SSSR count). The molecule has 0 aliphatic rings. The Bertz CT molecular complexity index is 617. The second-order valence-corrected chi connectivity index (χ2v) is 4.75. The lowest BCUT2D eigenvalue weighted by Crippen LogP contribution is -2.20. The van der Waals surface area contributed by atoms with E-state index in [9.17, 15) is 14.4 Å². The van der Waals surface area contributed by atoms with E-state index in [-0.39, 0.29) is 6.61 Å². The van der Waals surface area contributed by atoms with Gasteiger partial charge in [0.05, 0.1) is 12.2 Å². The summed E-state index contributed by atoms with van der Waals surface area (Å²) in [5, 5.41) is 2.57. The Hall–Kier alpha value is -2.89. The van der Waals surface area contributed by atoms with Gasteiger partial charge in [-0.15, -0.1) is 0 Å². The fraction of sp³-hybridized carbons (Fsp3) is 0.278. The molecule has 0 spiro atoms. The third-order valence-electron chi connectivity index (χ3n) is 2.72. The Balaban J connectivity index is 2.44. The van der Waals surface area contributed by atoms with Crippen LogP contribution >= 0.6 is 0 Å². The quantitative estimate of drug-likeness (QED) is 0.450. The summed E-state index contributed by atoms with van der Waals surface area (Å²) in [4.78, 5) is 34.6. The van der Waals surface area contributed by atoms with Crippen LogP contribution in [0.2, 0.25) is 0 Å². The average molecular weight is 331 g/mol. The van der Waals surface area contributed by atoms with Crippen molar-refractivity contribution in [3.8, 4) is 0 Å². The maximum absolute atomic E-state index is 11.7. The van der Waals surface area contributed by atoms with Crippen LogP contribution in [0.4, 0.5) is 5.69 Å². The van der Waals surface area contributed by atoms with Gasteiger partial charge >= 0.3 is 11.9 Å². The van der Waals surface area contributed by atoms with E-state index in [1.165, 1.54) is 12.2 Å². The van der Waals surface area contributed by atoms with Crippen molar-refractivity contribution < 1.29 is 23.9 Å². The van der Waals surface area contributed by atoms with E-state index in [0.717, 1.165) is 6.42 Å². The number of rotatable bonds is 8. The minimum atomic E-state index is -0.600. The first kappa shape index (κ1) is 19.2. The topological polar surface area (TPSA) is 81.7 Å². The normalized spacial score (nSPS) is 10.8. The first-order chi connectivity index (χ1) is 11.6. The highest BCUT2D eigenvalue weighted by Gasteiger charge is 2.08. The van der Waals surface area contributed by atoms with Gasteiger partial charge in [-0.2, -0.15) is 0 Å². The molecule has 0 aromatic heterocycles. The minimum absolute atomic E-state index is 0.366. The predicted molar refractivity (Wildman–Crippen MR) is 90.6 cm³/mol. The van der Waals surface area contributed by atoms with Crippen molar-refractivity contribution in [2.75, 3.05) is 18.5 Å². The molecular formula is C18H21NO5. The van der Waals surface area contributed by atoms with E-state index in [1.54, 1.807) is 36.4 Å². The summed E-state index contributed by atoms with van der Waals surface area (Å²) in [6.45, 7) is 3.71. The van der Waals surface area contributed by atoms with Crippen LogP contribution in [0, 0.1) is 0 Å². The highest BCUT2D eigenvalue weighted by atomic mass is 16.5. The van der Waals surface area contributed by atoms with Gasteiger partial charge in [0.1, 0.15) is 0 Å². The molecule has 1 N–H and O–H groups in total. The zero-order valence-electron chi connectivity index (χ0n) is 13.8. The van der Waals surface area contributed by atoms with E-state index in [2.05, 4.69) is 5.32 Å². The number of hydrogen-bond donors (Lipinski definition) is 1. The van der Waals surface area contributed by atoms with Gasteiger partial charge in [0, 0.05) is 11.8 Å². The highest BCUT2D eigenvalue weighted by molar-refractivity contribution is 5.95. The molecule has 0 saturated heterocycles. The SMILES string of the molecule is C/C=C/C=C/C(=O)OCC(=O)Nc1ccc(C(=O)OCCC)cc1. The summed E-state index contributed by atoms with van der Waals surface area (Å²) in [5.41, 5.74) is 0.898. The van der Waals surface area contributed by atoms with Crippen molar-refractivity contribution in [3.05, 3.63) is 54.1 Å². The standard InChI is InChI=1S/C18H21NO5/c1-3-5-6-7-17(21)24-13-16(20)19-15-10-8-14(9-11-15)18(22)23-12-4-2/h3,5-11H,4,12-13H2,1-2H3,(H,19,20)/b5-3+,7-6+. The van der Waals surface area contributed by atoms with Crippen molar-refractivity contribution >= 4 is 23.5 Å². The lowest BCUT2D eigenvalue weighted by atomic mass is 10.2. The predicted octanol–water partition coefficient (Wildman–Crippen LogP) is 2.87. The Kier molecular flexibility index (Phi) is 8.60. The van der Waals surface area contributed by atoms with Gasteiger partial charge in [-0.25, -0.2) is 9.59 Å². The lowest BCUT2D eigenvalue weighted by molar-refractivity contribution is -0.142. The molecule has 1 amide bonds. The van der Waals surface area contributed by atoms with Crippen LogP contribution in [0.15, 0.2) is 48.6 Å². The Morgan fingerprint density at radius 2 is 1.79 bits per heavy atom.